The third-order valence-electron chi connectivity index (χ3n) is 3.35. The fourth-order valence-electron chi connectivity index (χ4n) is 2.05. The summed E-state index contributed by atoms with van der Waals surface area (Å²) in [6.45, 7) is 2.25. The number of carboxylic acids is 1. The Morgan fingerprint density at radius 1 is 0.667 bits per heavy atom. The summed E-state index contributed by atoms with van der Waals surface area (Å²) >= 11 is 0. The zero-order valence-electron chi connectivity index (χ0n) is 14.9. The van der Waals surface area contributed by atoms with Gasteiger partial charge in [-0.2, -0.15) is 0 Å². The van der Waals surface area contributed by atoms with Gasteiger partial charge in [-0.05, 0) is 12.8 Å². The molecule has 0 fully saturated rings. The van der Waals surface area contributed by atoms with Crippen molar-refractivity contribution in [3.63, 3.8) is 0 Å². The summed E-state index contributed by atoms with van der Waals surface area (Å²) in [5, 5.41) is 8.39. The number of unbranched alkanes of at least 4 members (excludes halogenated alkanes) is 7. The number of aliphatic carboxylic acids is 1. The molecule has 0 rings (SSSR count). The van der Waals surface area contributed by atoms with Gasteiger partial charge in [0.1, 0.15) is 0 Å². The second-order valence-electron chi connectivity index (χ2n) is 5.58. The van der Waals surface area contributed by atoms with Crippen LogP contribution in [0.4, 0.5) is 0 Å². The van der Waals surface area contributed by atoms with E-state index >= 15 is 0 Å². The van der Waals surface area contributed by atoms with Crippen molar-refractivity contribution in [1.29, 1.82) is 0 Å². The summed E-state index contributed by atoms with van der Waals surface area (Å²) in [5.74, 6) is -0.936. The summed E-state index contributed by atoms with van der Waals surface area (Å²) in [7, 11) is 0. The predicted octanol–water partition coefficient (Wildman–Crippen LogP) is 6.55. The van der Waals surface area contributed by atoms with Gasteiger partial charge in [-0.3, -0.25) is 0 Å². The Morgan fingerprint density at radius 2 is 1.12 bits per heavy atom. The standard InChI is InChI=1S/C22H32O2/c1-2-3-4-5-6-7-8-9-10-11-12-13-14-15-16-17-18-19-20-21-22(23)24/h10-21H,2-9H2,1H3,(H,23,24)/b11-10?,13-12?,15-14?,17-16?,19-18?,21-20-. The minimum atomic E-state index is -0.936. The van der Waals surface area contributed by atoms with E-state index in [1.807, 2.05) is 36.5 Å². The van der Waals surface area contributed by atoms with Gasteiger partial charge in [-0.25, -0.2) is 4.79 Å². The maximum Gasteiger partial charge on any atom is 0.328 e. The molecule has 0 aliphatic rings. The number of allylic oxidation sites excluding steroid dienone is 11. The average molecular weight is 328 g/mol. The van der Waals surface area contributed by atoms with Crippen molar-refractivity contribution in [3.8, 4) is 0 Å². The molecule has 0 aliphatic heterocycles. The van der Waals surface area contributed by atoms with Crippen LogP contribution in [0.1, 0.15) is 58.3 Å². The van der Waals surface area contributed by atoms with Crippen LogP contribution in [-0.2, 0) is 4.79 Å². The van der Waals surface area contributed by atoms with Crippen LogP contribution in [0.25, 0.3) is 0 Å². The van der Waals surface area contributed by atoms with Crippen LogP contribution in [0.2, 0.25) is 0 Å². The van der Waals surface area contributed by atoms with Crippen LogP contribution >= 0.6 is 0 Å². The number of hydrogen-bond acceptors (Lipinski definition) is 1. The van der Waals surface area contributed by atoms with Crippen LogP contribution in [0.5, 0.6) is 0 Å². The number of carbonyl (C=O) groups is 1. The van der Waals surface area contributed by atoms with Gasteiger partial charge in [-0.1, -0.05) is 112 Å². The van der Waals surface area contributed by atoms with Crippen LogP contribution in [0, 0.1) is 0 Å². The second-order valence-corrected chi connectivity index (χ2v) is 5.58. The summed E-state index contributed by atoms with van der Waals surface area (Å²) in [5.41, 5.74) is 0. The normalized spacial score (nSPS) is 13.0. The quantitative estimate of drug-likeness (QED) is 0.223. The van der Waals surface area contributed by atoms with Gasteiger partial charge in [0.15, 0.2) is 0 Å². The molecule has 0 saturated carbocycles. The van der Waals surface area contributed by atoms with Crippen molar-refractivity contribution in [2.45, 2.75) is 58.3 Å². The summed E-state index contributed by atoms with van der Waals surface area (Å²) < 4.78 is 0. The van der Waals surface area contributed by atoms with E-state index < -0.39 is 5.97 Å². The minimum absolute atomic E-state index is 0.936. The van der Waals surface area contributed by atoms with Gasteiger partial charge in [-0.15, -0.1) is 0 Å². The lowest BCUT2D eigenvalue weighted by Crippen LogP contribution is -1.84. The SMILES string of the molecule is CCCCCCCCCC=CC=CC=CC=CC=C/C=C\C(=O)O. The number of carboxylic acid groups (broad SMARTS) is 1. The molecule has 0 aromatic carbocycles. The minimum Gasteiger partial charge on any atom is -0.478 e. The fourth-order valence-corrected chi connectivity index (χ4v) is 2.05. The largest absolute Gasteiger partial charge is 0.478 e. The molecule has 0 atom stereocenters. The lowest BCUT2D eigenvalue weighted by molar-refractivity contribution is -0.131. The molecular weight excluding hydrogens is 296 g/mol. The van der Waals surface area contributed by atoms with E-state index in [2.05, 4.69) is 19.1 Å². The molecule has 132 valence electrons. The summed E-state index contributed by atoms with van der Waals surface area (Å²) in [4.78, 5) is 10.2. The highest BCUT2D eigenvalue weighted by atomic mass is 16.4. The summed E-state index contributed by atoms with van der Waals surface area (Å²) in [6, 6.07) is 0. The van der Waals surface area contributed by atoms with Crippen LogP contribution in [0.3, 0.4) is 0 Å². The van der Waals surface area contributed by atoms with Crippen LogP contribution < -0.4 is 0 Å². The first kappa shape index (κ1) is 21.9. The van der Waals surface area contributed by atoms with Gasteiger partial charge < -0.3 is 5.11 Å². The zero-order valence-corrected chi connectivity index (χ0v) is 14.9. The Kier molecular flexibility index (Phi) is 17.3. The van der Waals surface area contributed by atoms with E-state index in [0.717, 1.165) is 12.5 Å². The lowest BCUT2D eigenvalue weighted by Gasteiger charge is -1.98. The van der Waals surface area contributed by atoms with E-state index in [1.54, 1.807) is 12.2 Å². The smallest absolute Gasteiger partial charge is 0.328 e. The third-order valence-corrected chi connectivity index (χ3v) is 3.35. The highest BCUT2D eigenvalue weighted by Crippen LogP contribution is 2.08. The van der Waals surface area contributed by atoms with Crippen LogP contribution in [-0.4, -0.2) is 11.1 Å². The molecule has 24 heavy (non-hydrogen) atoms. The maximum atomic E-state index is 10.2. The molecule has 1 N–H and O–H groups in total. The second kappa shape index (κ2) is 19.0. The number of rotatable bonds is 14. The van der Waals surface area contributed by atoms with E-state index in [1.165, 1.54) is 51.0 Å². The Bertz CT molecular complexity index is 462. The first-order valence-corrected chi connectivity index (χ1v) is 9.00. The molecule has 0 spiro atoms. The zero-order chi connectivity index (χ0) is 17.7. The Morgan fingerprint density at radius 3 is 1.67 bits per heavy atom. The monoisotopic (exact) mass is 328 g/mol. The molecule has 0 unspecified atom stereocenters. The molecule has 0 saturated heterocycles. The van der Waals surface area contributed by atoms with Crippen molar-refractivity contribution in [3.05, 3.63) is 72.9 Å². The van der Waals surface area contributed by atoms with Crippen molar-refractivity contribution < 1.29 is 9.90 Å². The van der Waals surface area contributed by atoms with E-state index in [0.29, 0.717) is 0 Å². The molecule has 0 heterocycles. The van der Waals surface area contributed by atoms with E-state index in [4.69, 9.17) is 5.11 Å². The van der Waals surface area contributed by atoms with Crippen molar-refractivity contribution >= 4 is 5.97 Å². The van der Waals surface area contributed by atoms with Gasteiger partial charge in [0.25, 0.3) is 0 Å². The Balaban J connectivity index is 3.57. The van der Waals surface area contributed by atoms with Crippen molar-refractivity contribution in [2.75, 3.05) is 0 Å². The summed E-state index contributed by atoms with van der Waals surface area (Å²) in [6.07, 6.45) is 32.7. The molecule has 2 nitrogen and oxygen atoms in total. The number of hydrogen-bond donors (Lipinski definition) is 1. The lowest BCUT2D eigenvalue weighted by atomic mass is 10.1. The third kappa shape index (κ3) is 19.9. The Labute approximate surface area is 147 Å². The van der Waals surface area contributed by atoms with Crippen LogP contribution in [0.15, 0.2) is 72.9 Å². The van der Waals surface area contributed by atoms with E-state index in [-0.39, 0.29) is 0 Å². The Hall–Kier alpha value is -2.09. The van der Waals surface area contributed by atoms with Crippen molar-refractivity contribution in [1.82, 2.24) is 0 Å². The fraction of sp³-hybridized carbons (Fsp3) is 0.409. The molecule has 0 radical (unpaired) electrons. The molecule has 0 bridgehead atoms. The highest BCUT2D eigenvalue weighted by molar-refractivity contribution is 5.80. The molecule has 0 aromatic heterocycles. The van der Waals surface area contributed by atoms with Crippen molar-refractivity contribution in [2.24, 2.45) is 0 Å². The maximum absolute atomic E-state index is 10.2. The average Bonchev–Trinajstić information content (AvgIpc) is 2.56. The van der Waals surface area contributed by atoms with E-state index in [9.17, 15) is 4.79 Å². The van der Waals surface area contributed by atoms with Gasteiger partial charge in [0.05, 0.1) is 0 Å². The predicted molar refractivity (Wildman–Crippen MR) is 105 cm³/mol. The molecule has 0 aliphatic carbocycles. The molecule has 0 aromatic rings. The van der Waals surface area contributed by atoms with Gasteiger partial charge >= 0.3 is 5.97 Å². The first-order valence-electron chi connectivity index (χ1n) is 9.00. The highest BCUT2D eigenvalue weighted by Gasteiger charge is 1.88. The topological polar surface area (TPSA) is 37.3 Å². The van der Waals surface area contributed by atoms with Gasteiger partial charge in [0, 0.05) is 6.08 Å². The molecule has 2 heteroatoms. The molecular formula is C22H32O2. The first-order chi connectivity index (χ1) is 11.8. The molecule has 0 amide bonds. The van der Waals surface area contributed by atoms with Gasteiger partial charge in [0.2, 0.25) is 0 Å².